The minimum atomic E-state index is -0.791. The van der Waals surface area contributed by atoms with Crippen LogP contribution in [0, 0.1) is 0 Å². The highest BCUT2D eigenvalue weighted by molar-refractivity contribution is 5.66. The molecule has 0 aromatic rings. The Bertz CT molecular complexity index is 118. The monoisotopic (exact) mass is 177 g/mol. The van der Waals surface area contributed by atoms with Crippen molar-refractivity contribution in [1.29, 1.82) is 0 Å². The summed E-state index contributed by atoms with van der Waals surface area (Å²) >= 11 is 0. The summed E-state index contributed by atoms with van der Waals surface area (Å²) in [6, 6.07) is 0. The Kier molecular flexibility index (Phi) is 7.99. The van der Waals surface area contributed by atoms with Crippen LogP contribution in [0.25, 0.3) is 0 Å². The number of aliphatic carboxylic acids is 1. The molecule has 0 aliphatic heterocycles. The lowest BCUT2D eigenvalue weighted by Gasteiger charge is -2.03. The Hall–Kier alpha value is -0.650. The predicted molar refractivity (Wildman–Crippen MR) is 43.0 cm³/mol. The van der Waals surface area contributed by atoms with Crippen molar-refractivity contribution in [3.05, 3.63) is 0 Å². The molecule has 0 fully saturated rings. The van der Waals surface area contributed by atoms with E-state index in [1.165, 1.54) is 0 Å². The number of hydrogen-bond acceptors (Lipinski definition) is 4. The van der Waals surface area contributed by atoms with E-state index in [0.717, 1.165) is 0 Å². The summed E-state index contributed by atoms with van der Waals surface area (Å²) in [6.07, 6.45) is 0.143. The maximum absolute atomic E-state index is 10.0. The Morgan fingerprint density at radius 1 is 1.50 bits per heavy atom. The van der Waals surface area contributed by atoms with Crippen molar-refractivity contribution in [2.24, 2.45) is 0 Å². The molecule has 12 heavy (non-hydrogen) atoms. The molecule has 0 bridgehead atoms. The topological polar surface area (TPSA) is 67.8 Å². The van der Waals surface area contributed by atoms with E-state index in [4.69, 9.17) is 9.84 Å². The third kappa shape index (κ3) is 9.35. The summed E-state index contributed by atoms with van der Waals surface area (Å²) in [5, 5.41) is 11.2. The van der Waals surface area contributed by atoms with Crippen LogP contribution in [-0.4, -0.2) is 44.7 Å². The van der Waals surface area contributed by atoms with Crippen LogP contribution < -0.4 is 5.32 Å². The van der Waals surface area contributed by atoms with E-state index in [1.807, 2.05) is 0 Å². The molecule has 0 heterocycles. The Morgan fingerprint density at radius 2 is 2.25 bits per heavy atom. The van der Waals surface area contributed by atoms with E-state index in [9.17, 15) is 4.79 Å². The lowest BCUT2D eigenvalue weighted by atomic mass is 10.4. The highest BCUT2D eigenvalue weighted by Crippen LogP contribution is 1.76. The van der Waals surface area contributed by atoms with Crippen molar-refractivity contribution in [2.75, 3.05) is 33.6 Å². The second kappa shape index (κ2) is 8.45. The first-order chi connectivity index (χ1) is 5.77. The average Bonchev–Trinajstić information content (AvgIpc) is 2.02. The molecule has 2 N–H and O–H groups in total. The lowest BCUT2D eigenvalue weighted by Crippen LogP contribution is -2.22. The van der Waals surface area contributed by atoms with Gasteiger partial charge in [0.25, 0.3) is 0 Å². The molecule has 0 unspecified atom stereocenters. The standard InChI is InChI=1S/C7H15NO4/c1-11-6-12-5-4-8-3-2-7(9)10/h8H,2-6H2,1H3,(H,9,10). The minimum absolute atomic E-state index is 0.143. The normalized spacial score (nSPS) is 10.1. The van der Waals surface area contributed by atoms with Crippen LogP contribution in [0.5, 0.6) is 0 Å². The zero-order valence-electron chi connectivity index (χ0n) is 7.21. The van der Waals surface area contributed by atoms with Gasteiger partial charge in [-0.25, -0.2) is 0 Å². The summed E-state index contributed by atoms with van der Waals surface area (Å²) < 4.78 is 9.60. The number of ether oxygens (including phenoxy) is 2. The van der Waals surface area contributed by atoms with Crippen LogP contribution in [-0.2, 0) is 14.3 Å². The van der Waals surface area contributed by atoms with Gasteiger partial charge < -0.3 is 19.9 Å². The number of carboxylic acids is 1. The fourth-order valence-corrected chi connectivity index (χ4v) is 0.607. The molecular weight excluding hydrogens is 162 g/mol. The molecule has 0 amide bonds. The van der Waals surface area contributed by atoms with Gasteiger partial charge in [0.1, 0.15) is 6.79 Å². The summed E-state index contributed by atoms with van der Waals surface area (Å²) in [7, 11) is 1.55. The number of carboxylic acid groups (broad SMARTS) is 1. The number of hydrogen-bond donors (Lipinski definition) is 2. The van der Waals surface area contributed by atoms with Gasteiger partial charge in [-0.3, -0.25) is 4.79 Å². The molecular formula is C7H15NO4. The minimum Gasteiger partial charge on any atom is -0.481 e. The highest BCUT2D eigenvalue weighted by atomic mass is 16.7. The fraction of sp³-hybridized carbons (Fsp3) is 0.857. The van der Waals surface area contributed by atoms with E-state index in [2.05, 4.69) is 10.1 Å². The Labute approximate surface area is 71.7 Å². The van der Waals surface area contributed by atoms with E-state index >= 15 is 0 Å². The van der Waals surface area contributed by atoms with Gasteiger partial charge in [0, 0.05) is 20.2 Å². The molecule has 0 saturated carbocycles. The molecule has 0 aromatic carbocycles. The predicted octanol–water partition coefficient (Wildman–Crippen LogP) is -0.329. The van der Waals surface area contributed by atoms with Gasteiger partial charge in [-0.05, 0) is 0 Å². The summed E-state index contributed by atoms with van der Waals surface area (Å²) in [5.74, 6) is -0.791. The summed E-state index contributed by atoms with van der Waals surface area (Å²) in [4.78, 5) is 10.0. The first-order valence-corrected chi connectivity index (χ1v) is 3.76. The Balaban J connectivity index is 2.86. The second-order valence-corrected chi connectivity index (χ2v) is 2.21. The Morgan fingerprint density at radius 3 is 2.83 bits per heavy atom. The second-order valence-electron chi connectivity index (χ2n) is 2.21. The van der Waals surface area contributed by atoms with Gasteiger partial charge in [-0.15, -0.1) is 0 Å². The first kappa shape index (κ1) is 11.4. The largest absolute Gasteiger partial charge is 0.481 e. The van der Waals surface area contributed by atoms with Gasteiger partial charge in [-0.2, -0.15) is 0 Å². The molecule has 0 radical (unpaired) electrons. The number of rotatable bonds is 8. The van der Waals surface area contributed by atoms with Crippen molar-refractivity contribution in [3.8, 4) is 0 Å². The third-order valence-corrected chi connectivity index (χ3v) is 1.14. The van der Waals surface area contributed by atoms with Gasteiger partial charge in [0.15, 0.2) is 0 Å². The van der Waals surface area contributed by atoms with Crippen LogP contribution in [0.15, 0.2) is 0 Å². The molecule has 0 atom stereocenters. The lowest BCUT2D eigenvalue weighted by molar-refractivity contribution is -0.136. The maximum atomic E-state index is 10.0. The van der Waals surface area contributed by atoms with E-state index in [-0.39, 0.29) is 13.2 Å². The van der Waals surface area contributed by atoms with Crippen LogP contribution in [0.1, 0.15) is 6.42 Å². The molecule has 72 valence electrons. The summed E-state index contributed by atoms with van der Waals surface area (Å²) in [6.45, 7) is 1.94. The van der Waals surface area contributed by atoms with E-state index in [1.54, 1.807) is 7.11 Å². The molecule has 0 aliphatic carbocycles. The molecule has 0 aliphatic rings. The highest BCUT2D eigenvalue weighted by Gasteiger charge is 1.94. The number of nitrogens with one attached hydrogen (secondary N) is 1. The van der Waals surface area contributed by atoms with E-state index < -0.39 is 5.97 Å². The molecule has 5 heteroatoms. The van der Waals surface area contributed by atoms with Crippen LogP contribution in [0.4, 0.5) is 0 Å². The molecule has 0 spiro atoms. The molecule has 5 nitrogen and oxygen atoms in total. The van der Waals surface area contributed by atoms with Crippen molar-refractivity contribution >= 4 is 5.97 Å². The number of carbonyl (C=O) groups is 1. The van der Waals surface area contributed by atoms with Crippen molar-refractivity contribution in [3.63, 3.8) is 0 Å². The average molecular weight is 177 g/mol. The maximum Gasteiger partial charge on any atom is 0.304 e. The van der Waals surface area contributed by atoms with Gasteiger partial charge in [0.05, 0.1) is 13.0 Å². The van der Waals surface area contributed by atoms with Crippen molar-refractivity contribution < 1.29 is 19.4 Å². The zero-order chi connectivity index (χ0) is 9.23. The van der Waals surface area contributed by atoms with Gasteiger partial charge >= 0.3 is 5.97 Å². The van der Waals surface area contributed by atoms with Crippen LogP contribution in [0.2, 0.25) is 0 Å². The number of methoxy groups -OCH3 is 1. The van der Waals surface area contributed by atoms with Gasteiger partial charge in [0.2, 0.25) is 0 Å². The fourth-order valence-electron chi connectivity index (χ4n) is 0.607. The van der Waals surface area contributed by atoms with E-state index in [0.29, 0.717) is 19.7 Å². The van der Waals surface area contributed by atoms with Crippen molar-refractivity contribution in [1.82, 2.24) is 5.32 Å². The smallest absolute Gasteiger partial charge is 0.304 e. The quantitative estimate of drug-likeness (QED) is 0.392. The first-order valence-electron chi connectivity index (χ1n) is 3.76. The van der Waals surface area contributed by atoms with Gasteiger partial charge in [-0.1, -0.05) is 0 Å². The van der Waals surface area contributed by atoms with Crippen molar-refractivity contribution in [2.45, 2.75) is 6.42 Å². The van der Waals surface area contributed by atoms with Crippen LogP contribution in [0.3, 0.4) is 0 Å². The molecule has 0 saturated heterocycles. The third-order valence-electron chi connectivity index (χ3n) is 1.14. The summed E-state index contributed by atoms with van der Waals surface area (Å²) in [5.41, 5.74) is 0. The SMILES string of the molecule is COCOCCNCCC(=O)O. The molecule has 0 rings (SSSR count). The zero-order valence-corrected chi connectivity index (χ0v) is 7.21. The molecule has 0 aromatic heterocycles. The van der Waals surface area contributed by atoms with Crippen LogP contribution >= 0.6 is 0 Å².